The van der Waals surface area contributed by atoms with Crippen LogP contribution in [0.15, 0.2) is 54.6 Å². The molecule has 4 nitrogen and oxygen atoms in total. The lowest BCUT2D eigenvalue weighted by atomic mass is 10.0. The summed E-state index contributed by atoms with van der Waals surface area (Å²) in [4.78, 5) is 12.0. The Balaban J connectivity index is 1.81. The molecule has 0 aliphatic rings. The van der Waals surface area contributed by atoms with Crippen LogP contribution in [-0.4, -0.2) is 22.2 Å². The molecule has 0 bridgehead atoms. The molecule has 0 amide bonds. The van der Waals surface area contributed by atoms with Crippen LogP contribution in [0.1, 0.15) is 56.8 Å². The highest BCUT2D eigenvalue weighted by atomic mass is 16.4. The summed E-state index contributed by atoms with van der Waals surface area (Å²) in [5.74, 6) is -0.498. The second kappa shape index (κ2) is 9.10. The smallest absolute Gasteiger partial charge is 0.337 e. The summed E-state index contributed by atoms with van der Waals surface area (Å²) in [5.41, 5.74) is 6.84. The molecule has 0 unspecified atom stereocenters. The fourth-order valence-corrected chi connectivity index (χ4v) is 3.96. The molecule has 1 heterocycles. The van der Waals surface area contributed by atoms with Gasteiger partial charge in [-0.1, -0.05) is 61.5 Å². The predicted molar refractivity (Wildman–Crippen MR) is 118 cm³/mol. The topological polar surface area (TPSA) is 54.3 Å². The molecule has 4 heteroatoms. The minimum absolute atomic E-state index is 0.361. The van der Waals surface area contributed by atoms with Gasteiger partial charge in [-0.25, -0.2) is 4.79 Å². The lowest BCUT2D eigenvalue weighted by Gasteiger charge is -2.14. The molecule has 2 N–H and O–H groups in total. The van der Waals surface area contributed by atoms with Crippen molar-refractivity contribution < 1.29 is 9.90 Å². The molecule has 3 aromatic rings. The number of benzene rings is 2. The predicted octanol–water partition coefficient (Wildman–Crippen LogP) is 5.05. The molecule has 1 aromatic heterocycles. The third-order valence-corrected chi connectivity index (χ3v) is 5.83. The Morgan fingerprint density at radius 1 is 1.00 bits per heavy atom. The summed E-state index contributed by atoms with van der Waals surface area (Å²) in [7, 11) is 0. The number of aromatic carboxylic acids is 1. The maximum absolute atomic E-state index is 12.0. The highest BCUT2D eigenvalue weighted by molar-refractivity contribution is 5.91. The molecule has 29 heavy (non-hydrogen) atoms. The number of hydrogen-bond donors (Lipinski definition) is 2. The van der Waals surface area contributed by atoms with Crippen molar-refractivity contribution in [2.75, 3.05) is 6.54 Å². The van der Waals surface area contributed by atoms with Crippen molar-refractivity contribution in [3.63, 3.8) is 0 Å². The molecule has 3 rings (SSSR count). The van der Waals surface area contributed by atoms with Gasteiger partial charge < -0.3 is 15.0 Å². The van der Waals surface area contributed by atoms with E-state index in [1.165, 1.54) is 16.7 Å². The maximum Gasteiger partial charge on any atom is 0.337 e. The zero-order chi connectivity index (χ0) is 21.0. The van der Waals surface area contributed by atoms with Gasteiger partial charge in [-0.05, 0) is 43.4 Å². The number of carboxylic acids is 1. The van der Waals surface area contributed by atoms with Gasteiger partial charge in [0.2, 0.25) is 0 Å². The van der Waals surface area contributed by atoms with Gasteiger partial charge in [0.1, 0.15) is 0 Å². The Labute approximate surface area is 173 Å². The third-order valence-electron chi connectivity index (χ3n) is 5.83. The minimum atomic E-state index is -0.859. The van der Waals surface area contributed by atoms with Crippen LogP contribution >= 0.6 is 0 Å². The van der Waals surface area contributed by atoms with Gasteiger partial charge in [0, 0.05) is 36.6 Å². The largest absolute Gasteiger partial charge is 0.478 e. The number of rotatable bonds is 8. The van der Waals surface area contributed by atoms with Crippen molar-refractivity contribution in [1.82, 2.24) is 9.88 Å². The van der Waals surface area contributed by atoms with Crippen molar-refractivity contribution in [2.45, 2.75) is 46.7 Å². The van der Waals surface area contributed by atoms with Crippen LogP contribution in [0.3, 0.4) is 0 Å². The van der Waals surface area contributed by atoms with Crippen LogP contribution in [0, 0.1) is 20.8 Å². The zero-order valence-electron chi connectivity index (χ0n) is 17.7. The molecular weight excluding hydrogens is 360 g/mol. The molecule has 0 saturated carbocycles. The van der Waals surface area contributed by atoms with Gasteiger partial charge in [-0.2, -0.15) is 0 Å². The first kappa shape index (κ1) is 20.9. The Bertz CT molecular complexity index is 990. The molecule has 152 valence electrons. The number of nitrogens with zero attached hydrogens (tertiary/aromatic N) is 1. The van der Waals surface area contributed by atoms with Crippen molar-refractivity contribution in [2.24, 2.45) is 0 Å². The van der Waals surface area contributed by atoms with Gasteiger partial charge in [0.25, 0.3) is 0 Å². The van der Waals surface area contributed by atoms with E-state index in [9.17, 15) is 9.90 Å². The summed E-state index contributed by atoms with van der Waals surface area (Å²) in [6.07, 6.45) is 0. The molecule has 1 atom stereocenters. The van der Waals surface area contributed by atoms with E-state index in [1.807, 2.05) is 44.2 Å². The molecule has 0 aliphatic heterocycles. The summed E-state index contributed by atoms with van der Waals surface area (Å²) in [5, 5.41) is 13.3. The summed E-state index contributed by atoms with van der Waals surface area (Å²) in [6.45, 7) is 10.2. The third kappa shape index (κ3) is 4.60. The average molecular weight is 391 g/mol. The first-order chi connectivity index (χ1) is 13.9. The molecule has 0 saturated heterocycles. The molecule has 0 aliphatic carbocycles. The van der Waals surface area contributed by atoms with Crippen molar-refractivity contribution in [3.8, 4) is 0 Å². The monoisotopic (exact) mass is 390 g/mol. The van der Waals surface area contributed by atoms with E-state index in [1.54, 1.807) is 0 Å². The van der Waals surface area contributed by atoms with E-state index in [4.69, 9.17) is 0 Å². The molecular formula is C25H30N2O2. The van der Waals surface area contributed by atoms with Gasteiger partial charge >= 0.3 is 5.97 Å². The number of aromatic nitrogens is 1. The molecule has 2 aromatic carbocycles. The van der Waals surface area contributed by atoms with Crippen LogP contribution in [0.2, 0.25) is 0 Å². The average Bonchev–Trinajstić information content (AvgIpc) is 2.94. The number of nitrogens with one attached hydrogen (secondary N) is 1. The zero-order valence-corrected chi connectivity index (χ0v) is 17.7. The lowest BCUT2D eigenvalue weighted by molar-refractivity contribution is 0.0694. The van der Waals surface area contributed by atoms with E-state index in [0.29, 0.717) is 24.6 Å². The highest BCUT2D eigenvalue weighted by Gasteiger charge is 2.22. The van der Waals surface area contributed by atoms with E-state index in [2.05, 4.69) is 48.0 Å². The maximum atomic E-state index is 12.0. The number of carboxylic acid groups (broad SMARTS) is 1. The SMILES string of the molecule is Cc1ccccc1Cn1c(C)c(CNC[C@@H](C)c2ccccc2)c(C(=O)O)c1C. The Hall–Kier alpha value is -2.85. The van der Waals surface area contributed by atoms with Gasteiger partial charge in [-0.3, -0.25) is 0 Å². The molecule has 0 radical (unpaired) electrons. The normalized spacial score (nSPS) is 12.1. The van der Waals surface area contributed by atoms with E-state index in [0.717, 1.165) is 23.5 Å². The lowest BCUT2D eigenvalue weighted by Crippen LogP contribution is -2.21. The van der Waals surface area contributed by atoms with E-state index < -0.39 is 5.97 Å². The molecule has 0 spiro atoms. The Kier molecular flexibility index (Phi) is 6.55. The number of aryl methyl sites for hydroxylation is 1. The quantitative estimate of drug-likeness (QED) is 0.566. The minimum Gasteiger partial charge on any atom is -0.478 e. The second-order valence-corrected chi connectivity index (χ2v) is 7.78. The van der Waals surface area contributed by atoms with Gasteiger partial charge in [0.15, 0.2) is 0 Å². The first-order valence-electron chi connectivity index (χ1n) is 10.1. The number of carbonyl (C=O) groups is 1. The van der Waals surface area contributed by atoms with Crippen LogP contribution in [0.25, 0.3) is 0 Å². The molecule has 0 fully saturated rings. The van der Waals surface area contributed by atoms with Crippen LogP contribution in [0.5, 0.6) is 0 Å². The van der Waals surface area contributed by atoms with Crippen molar-refractivity contribution >= 4 is 5.97 Å². The summed E-state index contributed by atoms with van der Waals surface area (Å²) >= 11 is 0. The fourth-order valence-electron chi connectivity index (χ4n) is 3.96. The standard InChI is InChI=1S/C25H30N2O2/c1-17-10-8-9-13-22(17)16-27-19(3)23(24(20(27)4)25(28)29)15-26-14-18(2)21-11-6-5-7-12-21/h5-13,18,26H,14-16H2,1-4H3,(H,28,29)/t18-/m1/s1. The van der Waals surface area contributed by atoms with Crippen LogP contribution in [-0.2, 0) is 13.1 Å². The van der Waals surface area contributed by atoms with Gasteiger partial charge in [0.05, 0.1) is 5.56 Å². The van der Waals surface area contributed by atoms with Gasteiger partial charge in [-0.15, -0.1) is 0 Å². The Morgan fingerprint density at radius 3 is 2.31 bits per heavy atom. The Morgan fingerprint density at radius 2 is 1.66 bits per heavy atom. The second-order valence-electron chi connectivity index (χ2n) is 7.78. The fraction of sp³-hybridized carbons (Fsp3) is 0.320. The highest BCUT2D eigenvalue weighted by Crippen LogP contribution is 2.25. The van der Waals surface area contributed by atoms with Crippen molar-refractivity contribution in [1.29, 1.82) is 0 Å². The van der Waals surface area contributed by atoms with Crippen LogP contribution in [0.4, 0.5) is 0 Å². The van der Waals surface area contributed by atoms with E-state index >= 15 is 0 Å². The van der Waals surface area contributed by atoms with Crippen LogP contribution < -0.4 is 5.32 Å². The summed E-state index contributed by atoms with van der Waals surface area (Å²) < 4.78 is 2.13. The first-order valence-corrected chi connectivity index (χ1v) is 10.1. The van der Waals surface area contributed by atoms with Crippen molar-refractivity contribution in [3.05, 3.63) is 93.8 Å². The van der Waals surface area contributed by atoms with E-state index in [-0.39, 0.29) is 0 Å². The number of hydrogen-bond acceptors (Lipinski definition) is 2. The summed E-state index contributed by atoms with van der Waals surface area (Å²) in [6, 6.07) is 18.6.